The summed E-state index contributed by atoms with van der Waals surface area (Å²) in [5, 5.41) is 23.8. The summed E-state index contributed by atoms with van der Waals surface area (Å²) in [5.41, 5.74) is 2.19. The number of anilines is 1. The molecule has 2 aromatic rings. The Balaban J connectivity index is 1.91. The molecule has 0 saturated heterocycles. The average molecular weight is 355 g/mol. The predicted octanol–water partition coefficient (Wildman–Crippen LogP) is 4.21. The maximum atomic E-state index is 12.5. The molecule has 128 valence electrons. The number of nitriles is 1. The minimum Gasteiger partial charge on any atom is -0.312 e. The van der Waals surface area contributed by atoms with Crippen LogP contribution < -0.4 is 5.32 Å². The van der Waals surface area contributed by atoms with Gasteiger partial charge in [-0.3, -0.25) is 14.9 Å². The van der Waals surface area contributed by atoms with E-state index >= 15 is 0 Å². The first kappa shape index (κ1) is 17.1. The highest BCUT2D eigenvalue weighted by atomic mass is 32.1. The number of hydrogen-bond donors (Lipinski definition) is 1. The van der Waals surface area contributed by atoms with E-state index in [-0.39, 0.29) is 11.3 Å². The molecular formula is C18H17N3O3S. The lowest BCUT2D eigenvalue weighted by molar-refractivity contribution is -0.385. The van der Waals surface area contributed by atoms with Gasteiger partial charge in [0.2, 0.25) is 0 Å². The maximum absolute atomic E-state index is 12.5. The zero-order chi connectivity index (χ0) is 18.1. The van der Waals surface area contributed by atoms with Crippen molar-refractivity contribution in [3.63, 3.8) is 0 Å². The van der Waals surface area contributed by atoms with Gasteiger partial charge in [-0.15, -0.1) is 11.3 Å². The van der Waals surface area contributed by atoms with Gasteiger partial charge in [0.25, 0.3) is 11.6 Å². The highest BCUT2D eigenvalue weighted by Crippen LogP contribution is 2.39. The molecule has 1 atom stereocenters. The molecule has 1 aromatic carbocycles. The molecule has 1 N–H and O–H groups in total. The fraction of sp³-hybridized carbons (Fsp3) is 0.333. The number of nitrogens with one attached hydrogen (secondary N) is 1. The number of nitro groups is 1. The minimum absolute atomic E-state index is 0.0903. The summed E-state index contributed by atoms with van der Waals surface area (Å²) in [6, 6.07) is 6.58. The largest absolute Gasteiger partial charge is 0.312 e. The van der Waals surface area contributed by atoms with Crippen LogP contribution in [-0.4, -0.2) is 10.8 Å². The van der Waals surface area contributed by atoms with Crippen molar-refractivity contribution in [3.05, 3.63) is 55.4 Å². The van der Waals surface area contributed by atoms with E-state index < -0.39 is 10.8 Å². The molecule has 1 aliphatic carbocycles. The number of carbonyl (C=O) groups is 1. The quantitative estimate of drug-likeness (QED) is 0.659. The van der Waals surface area contributed by atoms with Gasteiger partial charge in [-0.1, -0.05) is 13.0 Å². The third-order valence-corrected chi connectivity index (χ3v) is 5.69. The van der Waals surface area contributed by atoms with E-state index in [4.69, 9.17) is 0 Å². The number of carbonyl (C=O) groups excluding carboxylic acids is 1. The number of fused-ring (bicyclic) bond motifs is 1. The Morgan fingerprint density at radius 3 is 2.92 bits per heavy atom. The van der Waals surface area contributed by atoms with E-state index in [0.717, 1.165) is 29.7 Å². The third-order valence-electron chi connectivity index (χ3n) is 4.52. The summed E-state index contributed by atoms with van der Waals surface area (Å²) in [6.07, 6.45) is 2.80. The molecule has 7 heteroatoms. The second-order valence-electron chi connectivity index (χ2n) is 6.38. The smallest absolute Gasteiger partial charge is 0.273 e. The van der Waals surface area contributed by atoms with Crippen LogP contribution in [0.5, 0.6) is 0 Å². The number of aryl methyl sites for hydroxylation is 1. The van der Waals surface area contributed by atoms with Crippen LogP contribution in [0.4, 0.5) is 10.7 Å². The maximum Gasteiger partial charge on any atom is 0.273 e. The first-order valence-electron chi connectivity index (χ1n) is 8.01. The van der Waals surface area contributed by atoms with E-state index in [1.54, 1.807) is 19.1 Å². The molecular weight excluding hydrogens is 338 g/mol. The molecule has 0 fully saturated rings. The average Bonchev–Trinajstić information content (AvgIpc) is 2.90. The van der Waals surface area contributed by atoms with E-state index in [1.807, 2.05) is 0 Å². The second kappa shape index (κ2) is 6.65. The van der Waals surface area contributed by atoms with Crippen molar-refractivity contribution in [2.45, 2.75) is 33.1 Å². The first-order chi connectivity index (χ1) is 11.9. The molecule has 0 saturated carbocycles. The molecule has 1 heterocycles. The molecule has 0 aliphatic heterocycles. The number of rotatable bonds is 3. The number of thiophene rings is 1. The van der Waals surface area contributed by atoms with Crippen LogP contribution in [-0.2, 0) is 12.8 Å². The lowest BCUT2D eigenvalue weighted by Crippen LogP contribution is -2.12. The van der Waals surface area contributed by atoms with Gasteiger partial charge >= 0.3 is 0 Å². The third kappa shape index (κ3) is 3.26. The standard InChI is InChI=1S/C18H17N3O3S/c1-10-3-6-13-14(9-19)18(25-16(13)7-10)20-17(22)12-5-4-11(2)15(8-12)21(23)24/h4-5,8,10H,3,6-7H2,1-2H3,(H,20,22). The summed E-state index contributed by atoms with van der Waals surface area (Å²) in [6.45, 7) is 3.81. The van der Waals surface area contributed by atoms with E-state index in [1.165, 1.54) is 17.4 Å². The van der Waals surface area contributed by atoms with Crippen molar-refractivity contribution < 1.29 is 9.72 Å². The molecule has 25 heavy (non-hydrogen) atoms. The lowest BCUT2D eigenvalue weighted by Gasteiger charge is -2.17. The zero-order valence-corrected chi connectivity index (χ0v) is 14.8. The Morgan fingerprint density at radius 2 is 2.24 bits per heavy atom. The number of nitro benzene ring substituents is 1. The molecule has 1 aliphatic rings. The van der Waals surface area contributed by atoms with Crippen molar-refractivity contribution in [3.8, 4) is 6.07 Å². The van der Waals surface area contributed by atoms with Gasteiger partial charge in [-0.05, 0) is 43.7 Å². The fourth-order valence-corrected chi connectivity index (χ4v) is 4.44. The lowest BCUT2D eigenvalue weighted by atomic mass is 9.88. The van der Waals surface area contributed by atoms with Crippen LogP contribution >= 0.6 is 11.3 Å². The van der Waals surface area contributed by atoms with Gasteiger partial charge in [-0.25, -0.2) is 0 Å². The summed E-state index contributed by atoms with van der Waals surface area (Å²) in [7, 11) is 0. The number of hydrogen-bond acceptors (Lipinski definition) is 5. The predicted molar refractivity (Wildman–Crippen MR) is 96.0 cm³/mol. The molecule has 0 bridgehead atoms. The van der Waals surface area contributed by atoms with E-state index in [0.29, 0.717) is 22.0 Å². The van der Waals surface area contributed by atoms with Crippen LogP contribution in [0.15, 0.2) is 18.2 Å². The van der Waals surface area contributed by atoms with Gasteiger partial charge in [-0.2, -0.15) is 5.26 Å². The van der Waals surface area contributed by atoms with Gasteiger partial charge in [0.1, 0.15) is 11.1 Å². The Kier molecular flexibility index (Phi) is 4.55. The molecule has 6 nitrogen and oxygen atoms in total. The second-order valence-corrected chi connectivity index (χ2v) is 7.49. The Bertz CT molecular complexity index is 911. The zero-order valence-electron chi connectivity index (χ0n) is 14.0. The number of nitrogens with zero attached hydrogens (tertiary/aromatic N) is 2. The van der Waals surface area contributed by atoms with Gasteiger partial charge in [0.05, 0.1) is 10.5 Å². The Morgan fingerprint density at radius 1 is 1.48 bits per heavy atom. The summed E-state index contributed by atoms with van der Waals surface area (Å²) < 4.78 is 0. The van der Waals surface area contributed by atoms with Crippen LogP contribution in [0.3, 0.4) is 0 Å². The first-order valence-corrected chi connectivity index (χ1v) is 8.83. The van der Waals surface area contributed by atoms with Crippen LogP contribution in [0.2, 0.25) is 0 Å². The van der Waals surface area contributed by atoms with Gasteiger partial charge in [0.15, 0.2) is 0 Å². The minimum atomic E-state index is -0.502. The van der Waals surface area contributed by atoms with Crippen molar-refractivity contribution in [2.24, 2.45) is 5.92 Å². The summed E-state index contributed by atoms with van der Waals surface area (Å²) in [5.74, 6) is 0.132. The van der Waals surface area contributed by atoms with Gasteiger partial charge in [0, 0.05) is 22.1 Å². The van der Waals surface area contributed by atoms with Crippen LogP contribution in [0.1, 0.15) is 45.3 Å². The molecule has 0 spiro atoms. The highest BCUT2D eigenvalue weighted by Gasteiger charge is 2.25. The van der Waals surface area contributed by atoms with E-state index in [2.05, 4.69) is 18.3 Å². The SMILES string of the molecule is Cc1ccc(C(=O)Nc2sc3c(c2C#N)CCC(C)C3)cc1[N+](=O)[O-]. The van der Waals surface area contributed by atoms with Crippen molar-refractivity contribution in [1.82, 2.24) is 0 Å². The van der Waals surface area contributed by atoms with Crippen molar-refractivity contribution in [1.29, 1.82) is 5.26 Å². The Hall–Kier alpha value is -2.72. The van der Waals surface area contributed by atoms with Gasteiger partial charge < -0.3 is 5.32 Å². The molecule has 3 rings (SSSR count). The Labute approximate surface area is 149 Å². The monoisotopic (exact) mass is 355 g/mol. The number of benzene rings is 1. The topological polar surface area (TPSA) is 96.0 Å². The van der Waals surface area contributed by atoms with Crippen LogP contribution in [0.25, 0.3) is 0 Å². The van der Waals surface area contributed by atoms with Crippen LogP contribution in [0, 0.1) is 34.3 Å². The van der Waals surface area contributed by atoms with Crippen molar-refractivity contribution in [2.75, 3.05) is 5.32 Å². The number of amides is 1. The van der Waals surface area contributed by atoms with E-state index in [9.17, 15) is 20.2 Å². The highest BCUT2D eigenvalue weighted by molar-refractivity contribution is 7.16. The molecule has 0 radical (unpaired) electrons. The van der Waals surface area contributed by atoms with Crippen molar-refractivity contribution >= 4 is 27.9 Å². The molecule has 1 aromatic heterocycles. The summed E-state index contributed by atoms with van der Waals surface area (Å²) in [4.78, 5) is 24.2. The molecule has 1 unspecified atom stereocenters. The molecule has 1 amide bonds. The fourth-order valence-electron chi connectivity index (χ4n) is 3.08. The normalized spacial score (nSPS) is 16.0. The summed E-state index contributed by atoms with van der Waals surface area (Å²) >= 11 is 1.44.